The summed E-state index contributed by atoms with van der Waals surface area (Å²) in [6.07, 6.45) is 0.716. The van der Waals surface area contributed by atoms with Crippen molar-refractivity contribution < 1.29 is 14.6 Å². The second-order valence-corrected chi connectivity index (χ2v) is 4.75. The first-order valence-electron chi connectivity index (χ1n) is 5.41. The molecular weight excluding hydrogens is 180 g/mol. The molecule has 1 saturated carbocycles. The van der Waals surface area contributed by atoms with Gasteiger partial charge in [0.2, 0.25) is 0 Å². The van der Waals surface area contributed by atoms with Gasteiger partial charge in [-0.25, -0.2) is 0 Å². The lowest BCUT2D eigenvalue weighted by molar-refractivity contribution is -0.182. The van der Waals surface area contributed by atoms with Crippen molar-refractivity contribution in [2.75, 3.05) is 6.61 Å². The molecule has 2 rings (SSSR count). The molecule has 1 N–H and O–H groups in total. The van der Waals surface area contributed by atoms with Gasteiger partial charge in [-0.1, -0.05) is 20.8 Å². The Kier molecular flexibility index (Phi) is 2.11. The Balaban J connectivity index is 2.26. The Labute approximate surface area is 84.4 Å². The van der Waals surface area contributed by atoms with E-state index in [0.717, 1.165) is 0 Å². The number of fused-ring (bicyclic) bond motifs is 1. The highest BCUT2D eigenvalue weighted by Crippen LogP contribution is 2.61. The normalized spacial score (nSPS) is 51.0. The van der Waals surface area contributed by atoms with Gasteiger partial charge in [-0.05, 0) is 18.3 Å². The summed E-state index contributed by atoms with van der Waals surface area (Å²) in [5, 5.41) is 9.38. The molecule has 0 aromatic rings. The van der Waals surface area contributed by atoms with Crippen molar-refractivity contribution in [3.05, 3.63) is 0 Å². The van der Waals surface area contributed by atoms with Gasteiger partial charge >= 0.3 is 5.97 Å². The number of carbonyl (C=O) groups is 1. The average Bonchev–Trinajstić information content (AvgIpc) is 2.85. The standard InChI is InChI=1S/C11H18O3/c1-4-11(5-12)9-6(2)8(9)7(3)10(13)14-11/h6-9,12H,4-5H2,1-3H3. The second-order valence-electron chi connectivity index (χ2n) is 4.75. The first-order chi connectivity index (χ1) is 6.57. The Bertz CT molecular complexity index is 257. The molecular formula is C11H18O3. The zero-order valence-corrected chi connectivity index (χ0v) is 8.99. The van der Waals surface area contributed by atoms with Crippen LogP contribution in [0, 0.1) is 23.7 Å². The highest BCUT2D eigenvalue weighted by Gasteiger charge is 2.66. The van der Waals surface area contributed by atoms with Gasteiger partial charge < -0.3 is 9.84 Å². The highest BCUT2D eigenvalue weighted by molar-refractivity contribution is 5.75. The van der Waals surface area contributed by atoms with Gasteiger partial charge in [-0.3, -0.25) is 4.79 Å². The van der Waals surface area contributed by atoms with Crippen molar-refractivity contribution in [1.82, 2.24) is 0 Å². The van der Waals surface area contributed by atoms with Crippen LogP contribution in [0.3, 0.4) is 0 Å². The van der Waals surface area contributed by atoms with Crippen molar-refractivity contribution >= 4 is 5.97 Å². The summed E-state index contributed by atoms with van der Waals surface area (Å²) >= 11 is 0. The van der Waals surface area contributed by atoms with E-state index in [2.05, 4.69) is 6.92 Å². The molecule has 1 aliphatic heterocycles. The van der Waals surface area contributed by atoms with Crippen LogP contribution in [-0.2, 0) is 9.53 Å². The van der Waals surface area contributed by atoms with Crippen LogP contribution < -0.4 is 0 Å². The Hall–Kier alpha value is -0.570. The quantitative estimate of drug-likeness (QED) is 0.678. The molecule has 2 fully saturated rings. The number of cyclic esters (lactones) is 1. The van der Waals surface area contributed by atoms with Crippen molar-refractivity contribution in [2.24, 2.45) is 23.7 Å². The van der Waals surface area contributed by atoms with E-state index in [1.165, 1.54) is 0 Å². The molecule has 1 heterocycles. The van der Waals surface area contributed by atoms with Gasteiger partial charge in [0.05, 0.1) is 12.5 Å². The lowest BCUT2D eigenvalue weighted by atomic mass is 9.87. The number of rotatable bonds is 2. The van der Waals surface area contributed by atoms with Crippen LogP contribution in [0.15, 0.2) is 0 Å². The minimum Gasteiger partial charge on any atom is -0.456 e. The van der Waals surface area contributed by atoms with Gasteiger partial charge in [0.25, 0.3) is 0 Å². The largest absolute Gasteiger partial charge is 0.456 e. The lowest BCUT2D eigenvalue weighted by Gasteiger charge is -2.36. The van der Waals surface area contributed by atoms with Gasteiger partial charge in [-0.2, -0.15) is 0 Å². The second kappa shape index (κ2) is 2.96. The third-order valence-electron chi connectivity index (χ3n) is 4.17. The summed E-state index contributed by atoms with van der Waals surface area (Å²) in [4.78, 5) is 11.6. The van der Waals surface area contributed by atoms with Gasteiger partial charge in [0.1, 0.15) is 5.60 Å². The van der Waals surface area contributed by atoms with Crippen molar-refractivity contribution in [3.8, 4) is 0 Å². The van der Waals surface area contributed by atoms with E-state index in [4.69, 9.17) is 4.74 Å². The van der Waals surface area contributed by atoms with Crippen molar-refractivity contribution in [1.29, 1.82) is 0 Å². The number of hydrogen-bond acceptors (Lipinski definition) is 3. The van der Waals surface area contributed by atoms with E-state index >= 15 is 0 Å². The minimum absolute atomic E-state index is 0.0150. The number of ether oxygens (including phenoxy) is 1. The number of carbonyl (C=O) groups excluding carboxylic acids is 1. The van der Waals surface area contributed by atoms with Crippen LogP contribution in [0.2, 0.25) is 0 Å². The monoisotopic (exact) mass is 198 g/mol. The molecule has 0 aromatic heterocycles. The summed E-state index contributed by atoms with van der Waals surface area (Å²) in [6, 6.07) is 0. The summed E-state index contributed by atoms with van der Waals surface area (Å²) in [6.45, 7) is 6.02. The molecule has 5 atom stereocenters. The molecule has 1 saturated heterocycles. The van der Waals surface area contributed by atoms with Gasteiger partial charge in [0, 0.05) is 5.92 Å². The number of aliphatic hydroxyl groups is 1. The highest BCUT2D eigenvalue weighted by atomic mass is 16.6. The number of aliphatic hydroxyl groups excluding tert-OH is 1. The smallest absolute Gasteiger partial charge is 0.309 e. The molecule has 1 aliphatic carbocycles. The van der Waals surface area contributed by atoms with Crippen molar-refractivity contribution in [2.45, 2.75) is 32.8 Å². The first-order valence-corrected chi connectivity index (χ1v) is 5.41. The van der Waals surface area contributed by atoms with E-state index in [1.807, 2.05) is 13.8 Å². The predicted molar refractivity (Wildman–Crippen MR) is 51.5 cm³/mol. The third-order valence-corrected chi connectivity index (χ3v) is 4.17. The minimum atomic E-state index is -0.576. The lowest BCUT2D eigenvalue weighted by Crippen LogP contribution is -2.46. The predicted octanol–water partition coefficient (Wildman–Crippen LogP) is 1.20. The SMILES string of the molecule is CCC1(CO)OC(=O)C(C)C2C(C)C21. The zero-order valence-electron chi connectivity index (χ0n) is 8.99. The molecule has 2 aliphatic rings. The van der Waals surface area contributed by atoms with Gasteiger partial charge in [0.15, 0.2) is 0 Å². The Morgan fingerprint density at radius 2 is 2.14 bits per heavy atom. The fraction of sp³-hybridized carbons (Fsp3) is 0.909. The zero-order chi connectivity index (χ0) is 10.5. The summed E-state index contributed by atoms with van der Waals surface area (Å²) < 4.78 is 5.42. The maximum atomic E-state index is 11.6. The Morgan fingerprint density at radius 3 is 2.64 bits per heavy atom. The maximum absolute atomic E-state index is 11.6. The van der Waals surface area contributed by atoms with Crippen LogP contribution in [0.4, 0.5) is 0 Å². The van der Waals surface area contributed by atoms with E-state index in [1.54, 1.807) is 0 Å². The van der Waals surface area contributed by atoms with Crippen LogP contribution >= 0.6 is 0 Å². The summed E-state index contributed by atoms with van der Waals surface area (Å²) in [5.41, 5.74) is -0.576. The molecule has 0 amide bonds. The molecule has 3 nitrogen and oxygen atoms in total. The number of hydrogen-bond donors (Lipinski definition) is 1. The summed E-state index contributed by atoms with van der Waals surface area (Å²) in [5.74, 6) is 1.21. The topological polar surface area (TPSA) is 46.5 Å². The fourth-order valence-electron chi connectivity index (χ4n) is 3.17. The van der Waals surface area contributed by atoms with Crippen LogP contribution in [0.25, 0.3) is 0 Å². The van der Waals surface area contributed by atoms with E-state index in [9.17, 15) is 9.90 Å². The van der Waals surface area contributed by atoms with Crippen molar-refractivity contribution in [3.63, 3.8) is 0 Å². The molecule has 0 aromatic carbocycles. The molecule has 5 unspecified atom stereocenters. The molecule has 0 bridgehead atoms. The van der Waals surface area contributed by atoms with E-state index < -0.39 is 5.60 Å². The average molecular weight is 198 g/mol. The van der Waals surface area contributed by atoms with E-state index in [0.29, 0.717) is 24.2 Å². The van der Waals surface area contributed by atoms with Crippen LogP contribution in [-0.4, -0.2) is 23.3 Å². The van der Waals surface area contributed by atoms with E-state index in [-0.39, 0.29) is 18.5 Å². The fourth-order valence-corrected chi connectivity index (χ4v) is 3.17. The summed E-state index contributed by atoms with van der Waals surface area (Å²) in [7, 11) is 0. The van der Waals surface area contributed by atoms with Gasteiger partial charge in [-0.15, -0.1) is 0 Å². The molecule has 0 radical (unpaired) electrons. The third kappa shape index (κ3) is 1.05. The molecule has 3 heteroatoms. The first kappa shape index (κ1) is 9.97. The Morgan fingerprint density at radius 1 is 1.50 bits per heavy atom. The van der Waals surface area contributed by atoms with Crippen LogP contribution in [0.5, 0.6) is 0 Å². The number of esters is 1. The molecule has 14 heavy (non-hydrogen) atoms. The maximum Gasteiger partial charge on any atom is 0.309 e. The molecule has 0 spiro atoms. The molecule has 80 valence electrons. The van der Waals surface area contributed by atoms with Crippen LogP contribution in [0.1, 0.15) is 27.2 Å².